The molecular weight excluding hydrogens is 382 g/mol. The second kappa shape index (κ2) is 8.84. The number of hydrogen-bond donors (Lipinski definition) is 2. The Kier molecular flexibility index (Phi) is 6.26. The van der Waals surface area contributed by atoms with Gasteiger partial charge in [-0.2, -0.15) is 0 Å². The van der Waals surface area contributed by atoms with E-state index in [1.165, 1.54) is 0 Å². The van der Waals surface area contributed by atoms with Gasteiger partial charge in [0.2, 0.25) is 5.91 Å². The zero-order valence-electron chi connectivity index (χ0n) is 15.7. The number of methoxy groups -OCH3 is 2. The number of carbonyl (C=O) groups is 2. The van der Waals surface area contributed by atoms with Crippen molar-refractivity contribution >= 4 is 29.2 Å². The summed E-state index contributed by atoms with van der Waals surface area (Å²) in [5.74, 6) is 1.07. The van der Waals surface area contributed by atoms with Crippen molar-refractivity contribution in [1.82, 2.24) is 10.6 Å². The lowest BCUT2D eigenvalue weighted by molar-refractivity contribution is -0.117. The fraction of sp³-hybridized carbons (Fsp3) is 0.300. The number of amides is 3. The Balaban J connectivity index is 1.58. The first-order valence-electron chi connectivity index (χ1n) is 8.82. The molecule has 0 radical (unpaired) electrons. The number of ether oxygens (including phenoxy) is 2. The molecule has 1 saturated heterocycles. The van der Waals surface area contributed by atoms with Crippen molar-refractivity contribution < 1.29 is 19.1 Å². The minimum atomic E-state index is -0.341. The van der Waals surface area contributed by atoms with Crippen LogP contribution in [0.1, 0.15) is 12.0 Å². The Morgan fingerprint density at radius 3 is 2.64 bits per heavy atom. The maximum absolute atomic E-state index is 12.4. The molecule has 8 heteroatoms. The maximum Gasteiger partial charge on any atom is 0.315 e. The highest BCUT2D eigenvalue weighted by Gasteiger charge is 2.32. The standard InChI is InChI=1S/C20H22ClN3O4/c1-27-17-8-7-15(10-18(17)28-2)24-12-14(9-19(24)25)23-20(26)22-11-13-5-3-4-6-16(13)21/h3-8,10,14H,9,11-12H2,1-2H3,(H2,22,23,26). The number of benzene rings is 2. The molecule has 0 aliphatic carbocycles. The first kappa shape index (κ1) is 19.8. The van der Waals surface area contributed by atoms with Gasteiger partial charge < -0.3 is 25.0 Å². The molecule has 1 fully saturated rings. The van der Waals surface area contributed by atoms with E-state index in [1.807, 2.05) is 18.2 Å². The van der Waals surface area contributed by atoms with E-state index in [2.05, 4.69) is 10.6 Å². The smallest absolute Gasteiger partial charge is 0.315 e. The molecule has 0 spiro atoms. The van der Waals surface area contributed by atoms with Crippen molar-refractivity contribution in [2.24, 2.45) is 0 Å². The molecule has 0 saturated carbocycles. The minimum absolute atomic E-state index is 0.0661. The number of urea groups is 1. The molecule has 1 heterocycles. The first-order chi connectivity index (χ1) is 13.5. The van der Waals surface area contributed by atoms with Crippen molar-refractivity contribution in [3.05, 3.63) is 53.1 Å². The third kappa shape index (κ3) is 4.48. The van der Waals surface area contributed by atoms with Crippen molar-refractivity contribution in [2.45, 2.75) is 19.0 Å². The summed E-state index contributed by atoms with van der Waals surface area (Å²) in [7, 11) is 3.10. The third-order valence-corrected chi connectivity index (χ3v) is 4.91. The molecule has 2 aromatic rings. The molecule has 148 valence electrons. The van der Waals surface area contributed by atoms with Crippen LogP contribution in [0.5, 0.6) is 11.5 Å². The summed E-state index contributed by atoms with van der Waals surface area (Å²) >= 11 is 6.09. The van der Waals surface area contributed by atoms with Gasteiger partial charge >= 0.3 is 6.03 Å². The SMILES string of the molecule is COc1ccc(N2CC(NC(=O)NCc3ccccc3Cl)CC2=O)cc1OC. The molecular formula is C20H22ClN3O4. The molecule has 2 aromatic carbocycles. The van der Waals surface area contributed by atoms with Crippen LogP contribution in [-0.4, -0.2) is 38.7 Å². The molecule has 3 rings (SSSR count). The molecule has 0 aromatic heterocycles. The molecule has 2 N–H and O–H groups in total. The zero-order valence-corrected chi connectivity index (χ0v) is 16.5. The number of anilines is 1. The number of nitrogens with one attached hydrogen (secondary N) is 2. The Hall–Kier alpha value is -2.93. The molecule has 1 unspecified atom stereocenters. The lowest BCUT2D eigenvalue weighted by atomic mass is 10.2. The quantitative estimate of drug-likeness (QED) is 0.777. The van der Waals surface area contributed by atoms with E-state index in [0.29, 0.717) is 35.3 Å². The van der Waals surface area contributed by atoms with E-state index in [1.54, 1.807) is 43.4 Å². The summed E-state index contributed by atoms with van der Waals surface area (Å²) < 4.78 is 10.5. The van der Waals surface area contributed by atoms with Gasteiger partial charge in [-0.15, -0.1) is 0 Å². The predicted molar refractivity (Wildman–Crippen MR) is 107 cm³/mol. The van der Waals surface area contributed by atoms with Crippen LogP contribution in [0.4, 0.5) is 10.5 Å². The predicted octanol–water partition coefficient (Wildman–Crippen LogP) is 2.96. The van der Waals surface area contributed by atoms with Gasteiger partial charge in [0.1, 0.15) is 0 Å². The Bertz CT molecular complexity index is 874. The summed E-state index contributed by atoms with van der Waals surface area (Å²) in [6, 6.07) is 12.0. The van der Waals surface area contributed by atoms with Crippen molar-refractivity contribution in [3.8, 4) is 11.5 Å². The minimum Gasteiger partial charge on any atom is -0.493 e. The Labute approximate surface area is 168 Å². The van der Waals surface area contributed by atoms with E-state index in [-0.39, 0.29) is 24.4 Å². The molecule has 28 heavy (non-hydrogen) atoms. The van der Waals surface area contributed by atoms with E-state index < -0.39 is 0 Å². The van der Waals surface area contributed by atoms with Gasteiger partial charge in [-0.3, -0.25) is 4.79 Å². The summed E-state index contributed by atoms with van der Waals surface area (Å²) in [5, 5.41) is 6.20. The van der Waals surface area contributed by atoms with Gasteiger partial charge in [-0.05, 0) is 23.8 Å². The van der Waals surface area contributed by atoms with Crippen LogP contribution >= 0.6 is 11.6 Å². The molecule has 1 atom stereocenters. The van der Waals surface area contributed by atoms with Gasteiger partial charge in [0, 0.05) is 36.3 Å². The third-order valence-electron chi connectivity index (χ3n) is 4.54. The fourth-order valence-corrected chi connectivity index (χ4v) is 3.30. The number of hydrogen-bond acceptors (Lipinski definition) is 4. The molecule has 0 bridgehead atoms. The molecule has 1 aliphatic rings. The van der Waals surface area contributed by atoms with Gasteiger partial charge in [-0.1, -0.05) is 29.8 Å². The average Bonchev–Trinajstić information content (AvgIpc) is 3.06. The number of nitrogens with zero attached hydrogens (tertiary/aromatic N) is 1. The highest BCUT2D eigenvalue weighted by atomic mass is 35.5. The number of carbonyl (C=O) groups excluding carboxylic acids is 2. The maximum atomic E-state index is 12.4. The normalized spacial score (nSPS) is 16.0. The zero-order chi connectivity index (χ0) is 20.1. The lowest BCUT2D eigenvalue weighted by Gasteiger charge is -2.19. The van der Waals surface area contributed by atoms with Crippen LogP contribution in [0.2, 0.25) is 5.02 Å². The second-order valence-corrected chi connectivity index (χ2v) is 6.77. The van der Waals surface area contributed by atoms with Crippen LogP contribution in [-0.2, 0) is 11.3 Å². The second-order valence-electron chi connectivity index (χ2n) is 6.36. The summed E-state index contributed by atoms with van der Waals surface area (Å²) in [6.45, 7) is 0.694. The topological polar surface area (TPSA) is 79.9 Å². The Morgan fingerprint density at radius 2 is 1.93 bits per heavy atom. The lowest BCUT2D eigenvalue weighted by Crippen LogP contribution is -2.43. The number of halogens is 1. The van der Waals surface area contributed by atoms with E-state index in [9.17, 15) is 9.59 Å². The van der Waals surface area contributed by atoms with E-state index in [4.69, 9.17) is 21.1 Å². The van der Waals surface area contributed by atoms with Crippen molar-refractivity contribution in [2.75, 3.05) is 25.7 Å². The van der Waals surface area contributed by atoms with Gasteiger partial charge in [0.05, 0.1) is 20.3 Å². The van der Waals surface area contributed by atoms with Gasteiger partial charge in [0.15, 0.2) is 11.5 Å². The fourth-order valence-electron chi connectivity index (χ4n) is 3.10. The number of rotatable bonds is 6. The highest BCUT2D eigenvalue weighted by Crippen LogP contribution is 2.33. The van der Waals surface area contributed by atoms with Crippen molar-refractivity contribution in [3.63, 3.8) is 0 Å². The summed E-state index contributed by atoms with van der Waals surface area (Å²) in [6.07, 6.45) is 0.230. The monoisotopic (exact) mass is 403 g/mol. The molecule has 1 aliphatic heterocycles. The van der Waals surface area contributed by atoms with Crippen molar-refractivity contribution in [1.29, 1.82) is 0 Å². The Morgan fingerprint density at radius 1 is 1.18 bits per heavy atom. The summed E-state index contributed by atoms with van der Waals surface area (Å²) in [5.41, 5.74) is 1.53. The van der Waals surface area contributed by atoms with Crippen LogP contribution < -0.4 is 25.0 Å². The average molecular weight is 404 g/mol. The molecule has 3 amide bonds. The summed E-state index contributed by atoms with van der Waals surface area (Å²) in [4.78, 5) is 26.2. The van der Waals surface area contributed by atoms with E-state index in [0.717, 1.165) is 5.56 Å². The van der Waals surface area contributed by atoms with Gasteiger partial charge in [0.25, 0.3) is 0 Å². The van der Waals surface area contributed by atoms with Crippen LogP contribution in [0.15, 0.2) is 42.5 Å². The first-order valence-corrected chi connectivity index (χ1v) is 9.19. The largest absolute Gasteiger partial charge is 0.493 e. The van der Waals surface area contributed by atoms with E-state index >= 15 is 0 Å². The molecule has 7 nitrogen and oxygen atoms in total. The van der Waals surface area contributed by atoms with Crippen LogP contribution in [0, 0.1) is 0 Å². The highest BCUT2D eigenvalue weighted by molar-refractivity contribution is 6.31. The van der Waals surface area contributed by atoms with Gasteiger partial charge in [-0.25, -0.2) is 4.79 Å². The van der Waals surface area contributed by atoms with Crippen LogP contribution in [0.3, 0.4) is 0 Å². The van der Waals surface area contributed by atoms with Crippen LogP contribution in [0.25, 0.3) is 0 Å².